The summed E-state index contributed by atoms with van der Waals surface area (Å²) in [6, 6.07) is 5.47. The van der Waals surface area contributed by atoms with E-state index in [1.54, 1.807) is 12.1 Å². The highest BCUT2D eigenvalue weighted by molar-refractivity contribution is 9.10. The van der Waals surface area contributed by atoms with Gasteiger partial charge in [0.05, 0.1) is 5.56 Å². The number of benzene rings is 1. The third kappa shape index (κ3) is 3.94. The van der Waals surface area contributed by atoms with Crippen molar-refractivity contribution in [3.8, 4) is 5.75 Å². The molecular formula is C14H19BrN2O2. The molecule has 1 aromatic rings. The van der Waals surface area contributed by atoms with E-state index in [9.17, 15) is 9.90 Å². The number of carbonyl (C=O) groups is 1. The van der Waals surface area contributed by atoms with Crippen LogP contribution in [-0.4, -0.2) is 30.1 Å². The fourth-order valence-electron chi connectivity index (χ4n) is 2.26. The molecule has 0 saturated carbocycles. The van der Waals surface area contributed by atoms with Crippen molar-refractivity contribution < 1.29 is 9.90 Å². The lowest BCUT2D eigenvalue weighted by atomic mass is 9.95. The monoisotopic (exact) mass is 326 g/mol. The van der Waals surface area contributed by atoms with Gasteiger partial charge in [-0.25, -0.2) is 0 Å². The lowest BCUT2D eigenvalue weighted by Crippen LogP contribution is -2.41. The number of aromatic hydroxyl groups is 1. The number of amides is 1. The molecule has 0 spiro atoms. The van der Waals surface area contributed by atoms with E-state index in [0.29, 0.717) is 24.1 Å². The lowest BCUT2D eigenvalue weighted by Gasteiger charge is -2.27. The van der Waals surface area contributed by atoms with Crippen molar-refractivity contribution in [1.82, 2.24) is 10.6 Å². The Labute approximate surface area is 121 Å². The maximum atomic E-state index is 12.0. The van der Waals surface area contributed by atoms with Gasteiger partial charge in [-0.2, -0.15) is 0 Å². The second-order valence-electron chi connectivity index (χ2n) is 5.12. The van der Waals surface area contributed by atoms with Gasteiger partial charge >= 0.3 is 0 Å². The molecule has 1 heterocycles. The van der Waals surface area contributed by atoms with Crippen molar-refractivity contribution in [2.45, 2.75) is 25.8 Å². The summed E-state index contributed by atoms with van der Waals surface area (Å²) >= 11 is 3.25. The molecule has 0 bridgehead atoms. The summed E-state index contributed by atoms with van der Waals surface area (Å²) in [5, 5.41) is 16.0. The SMILES string of the molecule is CC1CCC(CNC(=O)c2ccc(Br)cc2O)CN1. The maximum absolute atomic E-state index is 12.0. The van der Waals surface area contributed by atoms with Crippen LogP contribution in [0.25, 0.3) is 0 Å². The molecule has 1 aliphatic heterocycles. The average Bonchev–Trinajstić information content (AvgIpc) is 2.37. The van der Waals surface area contributed by atoms with E-state index in [1.165, 1.54) is 6.07 Å². The van der Waals surface area contributed by atoms with Crippen molar-refractivity contribution in [2.24, 2.45) is 5.92 Å². The van der Waals surface area contributed by atoms with Gasteiger partial charge in [-0.15, -0.1) is 0 Å². The van der Waals surface area contributed by atoms with Crippen LogP contribution in [0.15, 0.2) is 22.7 Å². The van der Waals surface area contributed by atoms with Crippen LogP contribution in [0.1, 0.15) is 30.1 Å². The Balaban J connectivity index is 1.87. The minimum atomic E-state index is -0.219. The zero-order valence-electron chi connectivity index (χ0n) is 10.9. The van der Waals surface area contributed by atoms with Crippen molar-refractivity contribution in [3.05, 3.63) is 28.2 Å². The van der Waals surface area contributed by atoms with E-state index in [1.807, 2.05) is 0 Å². The van der Waals surface area contributed by atoms with Gasteiger partial charge in [0.1, 0.15) is 5.75 Å². The van der Waals surface area contributed by atoms with Crippen LogP contribution in [0, 0.1) is 5.92 Å². The summed E-state index contributed by atoms with van der Waals surface area (Å²) in [6.07, 6.45) is 2.27. The quantitative estimate of drug-likeness (QED) is 0.798. The molecule has 1 aromatic carbocycles. The molecule has 1 aliphatic rings. The molecule has 1 saturated heterocycles. The maximum Gasteiger partial charge on any atom is 0.255 e. The Morgan fingerprint density at radius 1 is 1.53 bits per heavy atom. The fourth-order valence-corrected chi connectivity index (χ4v) is 2.61. The van der Waals surface area contributed by atoms with Crippen LogP contribution in [0.2, 0.25) is 0 Å². The van der Waals surface area contributed by atoms with Gasteiger partial charge in [-0.3, -0.25) is 4.79 Å². The molecule has 2 atom stereocenters. The van der Waals surface area contributed by atoms with Gasteiger partial charge in [-0.05, 0) is 50.4 Å². The molecule has 4 nitrogen and oxygen atoms in total. The van der Waals surface area contributed by atoms with Crippen LogP contribution in [0.5, 0.6) is 5.75 Å². The molecule has 0 radical (unpaired) electrons. The zero-order chi connectivity index (χ0) is 13.8. The smallest absolute Gasteiger partial charge is 0.255 e. The van der Waals surface area contributed by atoms with E-state index in [-0.39, 0.29) is 11.7 Å². The highest BCUT2D eigenvalue weighted by atomic mass is 79.9. The first-order chi connectivity index (χ1) is 9.06. The number of halogens is 1. The Hall–Kier alpha value is -1.07. The van der Waals surface area contributed by atoms with Gasteiger partial charge in [-0.1, -0.05) is 15.9 Å². The van der Waals surface area contributed by atoms with Gasteiger partial charge in [0.2, 0.25) is 0 Å². The highest BCUT2D eigenvalue weighted by Crippen LogP contribution is 2.22. The summed E-state index contributed by atoms with van der Waals surface area (Å²) in [5.74, 6) is 0.253. The first-order valence-corrected chi connectivity index (χ1v) is 7.35. The average molecular weight is 327 g/mol. The van der Waals surface area contributed by atoms with E-state index in [2.05, 4.69) is 33.5 Å². The van der Waals surface area contributed by atoms with Crippen molar-refractivity contribution >= 4 is 21.8 Å². The number of carbonyl (C=O) groups excluding carboxylic acids is 1. The summed E-state index contributed by atoms with van der Waals surface area (Å²) in [6.45, 7) is 3.76. The van der Waals surface area contributed by atoms with E-state index in [0.717, 1.165) is 23.9 Å². The van der Waals surface area contributed by atoms with Crippen LogP contribution in [-0.2, 0) is 0 Å². The van der Waals surface area contributed by atoms with Crippen molar-refractivity contribution in [3.63, 3.8) is 0 Å². The predicted molar refractivity (Wildman–Crippen MR) is 78.3 cm³/mol. The third-order valence-corrected chi connectivity index (χ3v) is 4.01. The van der Waals surface area contributed by atoms with Crippen molar-refractivity contribution in [1.29, 1.82) is 0 Å². The molecular weight excluding hydrogens is 308 g/mol. The molecule has 0 aliphatic carbocycles. The Bertz CT molecular complexity index is 457. The number of nitrogens with one attached hydrogen (secondary N) is 2. The Morgan fingerprint density at radius 2 is 2.32 bits per heavy atom. The molecule has 5 heteroatoms. The molecule has 0 aromatic heterocycles. The van der Waals surface area contributed by atoms with Gasteiger partial charge < -0.3 is 15.7 Å². The van der Waals surface area contributed by atoms with E-state index in [4.69, 9.17) is 0 Å². The Morgan fingerprint density at radius 3 is 2.95 bits per heavy atom. The second kappa shape index (κ2) is 6.39. The number of phenolic OH excluding ortho intramolecular Hbond substituents is 1. The van der Waals surface area contributed by atoms with Crippen molar-refractivity contribution in [2.75, 3.05) is 13.1 Å². The number of rotatable bonds is 3. The largest absolute Gasteiger partial charge is 0.507 e. The summed E-state index contributed by atoms with van der Waals surface area (Å²) in [4.78, 5) is 12.0. The van der Waals surface area contributed by atoms with Crippen LogP contribution in [0.3, 0.4) is 0 Å². The summed E-state index contributed by atoms with van der Waals surface area (Å²) < 4.78 is 0.756. The van der Waals surface area contributed by atoms with Crippen LogP contribution < -0.4 is 10.6 Å². The minimum Gasteiger partial charge on any atom is -0.507 e. The Kier molecular flexibility index (Phi) is 4.82. The third-order valence-electron chi connectivity index (χ3n) is 3.52. The zero-order valence-corrected chi connectivity index (χ0v) is 12.5. The molecule has 104 valence electrons. The highest BCUT2D eigenvalue weighted by Gasteiger charge is 2.19. The van der Waals surface area contributed by atoms with Gasteiger partial charge in [0, 0.05) is 17.1 Å². The lowest BCUT2D eigenvalue weighted by molar-refractivity contribution is 0.0941. The minimum absolute atomic E-state index is 0.00210. The molecule has 3 N–H and O–H groups in total. The molecule has 2 unspecified atom stereocenters. The molecule has 1 fully saturated rings. The number of hydrogen-bond acceptors (Lipinski definition) is 3. The number of hydrogen-bond donors (Lipinski definition) is 3. The first kappa shape index (κ1) is 14.3. The summed E-state index contributed by atoms with van der Waals surface area (Å²) in [5.41, 5.74) is 0.320. The predicted octanol–water partition coefficient (Wildman–Crippen LogP) is 2.27. The van der Waals surface area contributed by atoms with Gasteiger partial charge in [0.25, 0.3) is 5.91 Å². The number of phenols is 1. The van der Waals surface area contributed by atoms with E-state index >= 15 is 0 Å². The van der Waals surface area contributed by atoms with E-state index < -0.39 is 0 Å². The fraction of sp³-hybridized carbons (Fsp3) is 0.500. The first-order valence-electron chi connectivity index (χ1n) is 6.56. The second-order valence-corrected chi connectivity index (χ2v) is 6.04. The number of piperidine rings is 1. The molecule has 1 amide bonds. The molecule has 2 rings (SSSR count). The van der Waals surface area contributed by atoms with Gasteiger partial charge in [0.15, 0.2) is 0 Å². The standard InChI is InChI=1S/C14H19BrN2O2/c1-9-2-3-10(7-16-9)8-17-14(19)12-5-4-11(15)6-13(12)18/h4-6,9-10,16,18H,2-3,7-8H2,1H3,(H,17,19). The summed E-state index contributed by atoms with van der Waals surface area (Å²) in [7, 11) is 0. The van der Waals surface area contributed by atoms with Crippen LogP contribution >= 0.6 is 15.9 Å². The topological polar surface area (TPSA) is 61.4 Å². The van der Waals surface area contributed by atoms with Crippen LogP contribution in [0.4, 0.5) is 0 Å². The normalized spacial score (nSPS) is 23.1. The molecule has 19 heavy (non-hydrogen) atoms.